The fourth-order valence-electron chi connectivity index (χ4n) is 1.76. The summed E-state index contributed by atoms with van der Waals surface area (Å²) in [7, 11) is 4.02. The van der Waals surface area contributed by atoms with Gasteiger partial charge in [-0.3, -0.25) is 4.68 Å². The van der Waals surface area contributed by atoms with E-state index in [-0.39, 0.29) is 0 Å². The van der Waals surface area contributed by atoms with E-state index in [1.165, 1.54) is 0 Å². The molecule has 1 rings (SSSR count). The minimum atomic E-state index is -0.948. The van der Waals surface area contributed by atoms with Gasteiger partial charge in [-0.15, -0.1) is 0 Å². The smallest absolute Gasteiger partial charge is 0.106 e. The Kier molecular flexibility index (Phi) is 5.12. The highest BCUT2D eigenvalue weighted by Crippen LogP contribution is 2.30. The maximum Gasteiger partial charge on any atom is 0.106 e. The van der Waals surface area contributed by atoms with Gasteiger partial charge < -0.3 is 15.7 Å². The van der Waals surface area contributed by atoms with E-state index in [9.17, 15) is 5.11 Å². The number of aromatic nitrogens is 2. The minimum Gasteiger partial charge on any atom is -0.384 e. The van der Waals surface area contributed by atoms with Crippen molar-refractivity contribution in [1.29, 1.82) is 0 Å². The predicted octanol–water partition coefficient (Wildman–Crippen LogP) is 0.763. The summed E-state index contributed by atoms with van der Waals surface area (Å²) in [5, 5.41) is 14.7. The van der Waals surface area contributed by atoms with Crippen LogP contribution in [-0.2, 0) is 12.1 Å². The van der Waals surface area contributed by atoms with Gasteiger partial charge in [-0.25, -0.2) is 0 Å². The van der Waals surface area contributed by atoms with E-state index in [1.807, 2.05) is 18.8 Å². The molecule has 1 atom stereocenters. The Morgan fingerprint density at radius 3 is 2.76 bits per heavy atom. The van der Waals surface area contributed by atoms with Crippen molar-refractivity contribution in [3.8, 4) is 0 Å². The van der Waals surface area contributed by atoms with Crippen LogP contribution in [0.3, 0.4) is 0 Å². The largest absolute Gasteiger partial charge is 0.384 e. The summed E-state index contributed by atoms with van der Waals surface area (Å²) < 4.78 is 2.66. The molecular formula is C11H21BrN4O. The maximum atomic E-state index is 10.4. The van der Waals surface area contributed by atoms with Crippen LogP contribution in [0.1, 0.15) is 19.0 Å². The highest BCUT2D eigenvalue weighted by molar-refractivity contribution is 9.10. The van der Waals surface area contributed by atoms with E-state index in [2.05, 4.69) is 25.9 Å². The molecule has 98 valence electrons. The molecule has 17 heavy (non-hydrogen) atoms. The molecule has 1 unspecified atom stereocenters. The molecule has 0 aliphatic carbocycles. The molecular weight excluding hydrogens is 284 g/mol. The van der Waals surface area contributed by atoms with Crippen LogP contribution < -0.4 is 5.73 Å². The van der Waals surface area contributed by atoms with E-state index in [4.69, 9.17) is 5.73 Å². The standard InChI is InChI=1S/C11H21BrN4O/c1-11(17,4-5-13)10-9(12)8-14-16(10)7-6-15(2)3/h8,17H,4-7,13H2,1-3H3. The van der Waals surface area contributed by atoms with Crippen LogP contribution in [0, 0.1) is 0 Å². The van der Waals surface area contributed by atoms with Crippen LogP contribution in [-0.4, -0.2) is 47.0 Å². The van der Waals surface area contributed by atoms with Gasteiger partial charge in [0.2, 0.25) is 0 Å². The van der Waals surface area contributed by atoms with Gasteiger partial charge in [-0.2, -0.15) is 5.10 Å². The Balaban J connectivity index is 2.93. The molecule has 0 aliphatic heterocycles. The quantitative estimate of drug-likeness (QED) is 0.814. The number of aliphatic hydroxyl groups is 1. The normalized spacial score (nSPS) is 15.2. The third kappa shape index (κ3) is 3.77. The van der Waals surface area contributed by atoms with Crippen molar-refractivity contribution in [3.05, 3.63) is 16.4 Å². The Labute approximate surface area is 111 Å². The van der Waals surface area contributed by atoms with Crippen molar-refractivity contribution in [2.45, 2.75) is 25.5 Å². The summed E-state index contributed by atoms with van der Waals surface area (Å²) in [4.78, 5) is 2.08. The van der Waals surface area contributed by atoms with Crippen LogP contribution in [0.15, 0.2) is 10.7 Å². The van der Waals surface area contributed by atoms with Crippen LogP contribution in [0.25, 0.3) is 0 Å². The van der Waals surface area contributed by atoms with Gasteiger partial charge in [0.25, 0.3) is 0 Å². The molecule has 5 nitrogen and oxygen atoms in total. The van der Waals surface area contributed by atoms with E-state index >= 15 is 0 Å². The molecule has 0 radical (unpaired) electrons. The van der Waals surface area contributed by atoms with Crippen LogP contribution in [0.4, 0.5) is 0 Å². The third-order valence-electron chi connectivity index (χ3n) is 2.70. The lowest BCUT2D eigenvalue weighted by molar-refractivity contribution is 0.0397. The first kappa shape index (κ1) is 14.6. The molecule has 1 aromatic heterocycles. The average molecular weight is 305 g/mol. The first-order valence-corrected chi connectivity index (χ1v) is 6.46. The molecule has 0 aromatic carbocycles. The summed E-state index contributed by atoms with van der Waals surface area (Å²) in [6, 6.07) is 0. The molecule has 0 amide bonds. The van der Waals surface area contributed by atoms with Crippen LogP contribution in [0.2, 0.25) is 0 Å². The Morgan fingerprint density at radius 2 is 2.24 bits per heavy atom. The molecule has 0 aliphatic rings. The Hall–Kier alpha value is -0.430. The molecule has 6 heteroatoms. The first-order valence-electron chi connectivity index (χ1n) is 5.67. The Morgan fingerprint density at radius 1 is 1.59 bits per heavy atom. The van der Waals surface area contributed by atoms with Gasteiger partial charge in [-0.05, 0) is 49.9 Å². The van der Waals surface area contributed by atoms with Gasteiger partial charge >= 0.3 is 0 Å². The average Bonchev–Trinajstić information content (AvgIpc) is 2.57. The lowest BCUT2D eigenvalue weighted by Crippen LogP contribution is -2.30. The Bertz CT molecular complexity index is 362. The molecule has 1 heterocycles. The number of likely N-dealkylation sites (N-methyl/N-ethyl adjacent to an activating group) is 1. The van der Waals surface area contributed by atoms with Crippen molar-refractivity contribution >= 4 is 15.9 Å². The monoisotopic (exact) mass is 304 g/mol. The molecule has 3 N–H and O–H groups in total. The van der Waals surface area contributed by atoms with E-state index in [0.717, 1.165) is 23.3 Å². The fourth-order valence-corrected chi connectivity index (χ4v) is 2.48. The second kappa shape index (κ2) is 5.95. The zero-order chi connectivity index (χ0) is 13.1. The topological polar surface area (TPSA) is 67.3 Å². The highest BCUT2D eigenvalue weighted by Gasteiger charge is 2.29. The zero-order valence-corrected chi connectivity index (χ0v) is 12.2. The summed E-state index contributed by atoms with van der Waals surface area (Å²) in [6.45, 7) is 3.83. The lowest BCUT2D eigenvalue weighted by Gasteiger charge is -2.25. The van der Waals surface area contributed by atoms with E-state index in [0.29, 0.717) is 13.0 Å². The number of hydrogen-bond donors (Lipinski definition) is 2. The van der Waals surface area contributed by atoms with Gasteiger partial charge in [-0.1, -0.05) is 0 Å². The first-order chi connectivity index (χ1) is 7.88. The van der Waals surface area contributed by atoms with Crippen molar-refractivity contribution < 1.29 is 5.11 Å². The van der Waals surface area contributed by atoms with E-state index in [1.54, 1.807) is 13.1 Å². The van der Waals surface area contributed by atoms with E-state index < -0.39 is 5.60 Å². The number of nitrogens with zero attached hydrogens (tertiary/aromatic N) is 3. The second-order valence-corrected chi connectivity index (χ2v) is 5.53. The molecule has 0 spiro atoms. The van der Waals surface area contributed by atoms with Crippen molar-refractivity contribution in [2.24, 2.45) is 5.73 Å². The van der Waals surface area contributed by atoms with Crippen molar-refractivity contribution in [2.75, 3.05) is 27.2 Å². The number of halogens is 1. The van der Waals surface area contributed by atoms with Crippen molar-refractivity contribution in [3.63, 3.8) is 0 Å². The third-order valence-corrected chi connectivity index (χ3v) is 3.28. The van der Waals surface area contributed by atoms with Gasteiger partial charge in [0.1, 0.15) is 5.60 Å². The molecule has 1 aromatic rings. The maximum absolute atomic E-state index is 10.4. The van der Waals surface area contributed by atoms with Gasteiger partial charge in [0.05, 0.1) is 22.9 Å². The number of nitrogens with two attached hydrogens (primary N) is 1. The van der Waals surface area contributed by atoms with Gasteiger partial charge in [0, 0.05) is 6.54 Å². The molecule has 0 saturated heterocycles. The summed E-state index contributed by atoms with van der Waals surface area (Å²) >= 11 is 3.43. The second-order valence-electron chi connectivity index (χ2n) is 4.68. The number of rotatable bonds is 6. The summed E-state index contributed by atoms with van der Waals surface area (Å²) in [5.74, 6) is 0. The highest BCUT2D eigenvalue weighted by atomic mass is 79.9. The fraction of sp³-hybridized carbons (Fsp3) is 0.727. The minimum absolute atomic E-state index is 0.443. The van der Waals surface area contributed by atoms with Crippen LogP contribution in [0.5, 0.6) is 0 Å². The number of hydrogen-bond acceptors (Lipinski definition) is 4. The molecule has 0 saturated carbocycles. The zero-order valence-electron chi connectivity index (χ0n) is 10.6. The van der Waals surface area contributed by atoms with Gasteiger partial charge in [0.15, 0.2) is 0 Å². The van der Waals surface area contributed by atoms with Crippen LogP contribution >= 0.6 is 15.9 Å². The SMILES string of the molecule is CN(C)CCn1ncc(Br)c1C(C)(O)CCN. The summed E-state index contributed by atoms with van der Waals surface area (Å²) in [5.41, 5.74) is 5.38. The van der Waals surface area contributed by atoms with Crippen molar-refractivity contribution in [1.82, 2.24) is 14.7 Å². The molecule has 0 bridgehead atoms. The molecule has 0 fully saturated rings. The predicted molar refractivity (Wildman–Crippen MR) is 71.7 cm³/mol. The lowest BCUT2D eigenvalue weighted by atomic mass is 9.98. The summed E-state index contributed by atoms with van der Waals surface area (Å²) in [6.07, 6.45) is 2.23.